The van der Waals surface area contributed by atoms with Crippen molar-refractivity contribution in [1.29, 1.82) is 0 Å². The van der Waals surface area contributed by atoms with Gasteiger partial charge in [-0.1, -0.05) is 54.9 Å². The summed E-state index contributed by atoms with van der Waals surface area (Å²) in [7, 11) is 0. The maximum absolute atomic E-state index is 6.14. The number of hydrogen-bond donors (Lipinski definition) is 0. The van der Waals surface area contributed by atoms with Crippen molar-refractivity contribution >= 4 is 11.6 Å². The smallest absolute Gasteiger partial charge is 0.0441 e. The van der Waals surface area contributed by atoms with E-state index in [1.165, 1.54) is 16.7 Å². The van der Waals surface area contributed by atoms with Gasteiger partial charge < -0.3 is 0 Å². The first kappa shape index (κ1) is 11.2. The van der Waals surface area contributed by atoms with Gasteiger partial charge in [0.1, 0.15) is 0 Å². The fraction of sp³-hybridized carbons (Fsp3) is 0.200. The Bertz CT molecular complexity index is 501. The highest BCUT2D eigenvalue weighted by Gasteiger charge is 2.04. The zero-order valence-electron chi connectivity index (χ0n) is 9.63. The van der Waals surface area contributed by atoms with Crippen molar-refractivity contribution in [2.24, 2.45) is 0 Å². The van der Waals surface area contributed by atoms with E-state index < -0.39 is 0 Å². The van der Waals surface area contributed by atoms with E-state index in [0.29, 0.717) is 0 Å². The van der Waals surface area contributed by atoms with E-state index in [4.69, 9.17) is 11.6 Å². The summed E-state index contributed by atoms with van der Waals surface area (Å²) in [5, 5.41) is 0.833. The maximum Gasteiger partial charge on any atom is 0.0441 e. The second kappa shape index (κ2) is 4.71. The molecule has 0 N–H and O–H groups in total. The quantitative estimate of drug-likeness (QED) is 0.690. The lowest BCUT2D eigenvalue weighted by molar-refractivity contribution is 1.14. The van der Waals surface area contributed by atoms with Crippen LogP contribution in [-0.2, 0) is 6.42 Å². The van der Waals surface area contributed by atoms with Crippen molar-refractivity contribution in [2.75, 3.05) is 0 Å². The van der Waals surface area contributed by atoms with Crippen molar-refractivity contribution < 1.29 is 0 Å². The lowest BCUT2D eigenvalue weighted by Gasteiger charge is -2.08. The number of halogens is 1. The van der Waals surface area contributed by atoms with Crippen LogP contribution in [0.3, 0.4) is 0 Å². The van der Waals surface area contributed by atoms with Crippen LogP contribution in [0.2, 0.25) is 5.02 Å². The van der Waals surface area contributed by atoms with Gasteiger partial charge >= 0.3 is 0 Å². The molecule has 16 heavy (non-hydrogen) atoms. The topological polar surface area (TPSA) is 0 Å². The molecule has 0 saturated heterocycles. The van der Waals surface area contributed by atoms with Crippen LogP contribution in [-0.4, -0.2) is 0 Å². The minimum Gasteiger partial charge on any atom is -0.0840 e. The van der Waals surface area contributed by atoms with E-state index in [2.05, 4.69) is 44.2 Å². The predicted octanol–water partition coefficient (Wildman–Crippen LogP) is 4.88. The van der Waals surface area contributed by atoms with Crippen LogP contribution in [0.5, 0.6) is 0 Å². The number of hydrogen-bond acceptors (Lipinski definition) is 0. The van der Waals surface area contributed by atoms with Crippen LogP contribution < -0.4 is 0 Å². The highest BCUT2D eigenvalue weighted by molar-refractivity contribution is 6.31. The lowest BCUT2D eigenvalue weighted by Crippen LogP contribution is -1.86. The van der Waals surface area contributed by atoms with Gasteiger partial charge in [-0.2, -0.15) is 0 Å². The molecule has 2 rings (SSSR count). The van der Waals surface area contributed by atoms with Crippen LogP contribution in [0.15, 0.2) is 42.5 Å². The second-order valence-electron chi connectivity index (χ2n) is 3.97. The van der Waals surface area contributed by atoms with Gasteiger partial charge in [0.2, 0.25) is 0 Å². The average Bonchev–Trinajstić information content (AvgIpc) is 2.33. The average molecular weight is 231 g/mol. The second-order valence-corrected chi connectivity index (χ2v) is 4.37. The van der Waals surface area contributed by atoms with Gasteiger partial charge in [0, 0.05) is 5.02 Å². The van der Waals surface area contributed by atoms with Crippen LogP contribution in [0, 0.1) is 6.92 Å². The van der Waals surface area contributed by atoms with E-state index in [-0.39, 0.29) is 0 Å². The molecule has 2 aromatic carbocycles. The van der Waals surface area contributed by atoms with Crippen LogP contribution in [0.25, 0.3) is 11.1 Å². The molecule has 1 heteroatoms. The SMILES string of the molecule is CCc1cccc(-c2cccc(Cl)c2C)c1. The first-order valence-corrected chi connectivity index (χ1v) is 5.94. The van der Waals surface area contributed by atoms with Gasteiger partial charge in [-0.15, -0.1) is 0 Å². The van der Waals surface area contributed by atoms with Crippen LogP contribution >= 0.6 is 11.6 Å². The van der Waals surface area contributed by atoms with E-state index in [1.807, 2.05) is 12.1 Å². The van der Waals surface area contributed by atoms with Crippen molar-refractivity contribution in [2.45, 2.75) is 20.3 Å². The third kappa shape index (κ3) is 2.12. The highest BCUT2D eigenvalue weighted by atomic mass is 35.5. The molecule has 0 bridgehead atoms. The van der Waals surface area contributed by atoms with Crippen LogP contribution in [0.4, 0.5) is 0 Å². The Morgan fingerprint density at radius 2 is 1.81 bits per heavy atom. The maximum atomic E-state index is 6.14. The standard InChI is InChI=1S/C15H15Cl/c1-3-12-6-4-7-13(10-12)14-8-5-9-15(16)11(14)2/h4-10H,3H2,1-2H3. The monoisotopic (exact) mass is 230 g/mol. The summed E-state index contributed by atoms with van der Waals surface area (Å²) in [6, 6.07) is 14.7. The molecule has 82 valence electrons. The molecular weight excluding hydrogens is 216 g/mol. The largest absolute Gasteiger partial charge is 0.0840 e. The number of benzene rings is 2. The van der Waals surface area contributed by atoms with E-state index >= 15 is 0 Å². The first-order valence-electron chi connectivity index (χ1n) is 5.57. The molecule has 0 fully saturated rings. The van der Waals surface area contributed by atoms with Gasteiger partial charge in [-0.25, -0.2) is 0 Å². The lowest BCUT2D eigenvalue weighted by atomic mass is 9.98. The number of aryl methyl sites for hydroxylation is 1. The molecule has 2 aromatic rings. The van der Waals surface area contributed by atoms with Crippen molar-refractivity contribution in [3.63, 3.8) is 0 Å². The van der Waals surface area contributed by atoms with E-state index in [0.717, 1.165) is 17.0 Å². The molecule has 0 nitrogen and oxygen atoms in total. The fourth-order valence-electron chi connectivity index (χ4n) is 1.88. The summed E-state index contributed by atoms with van der Waals surface area (Å²) in [4.78, 5) is 0. The Labute approximate surface area is 102 Å². The summed E-state index contributed by atoms with van der Waals surface area (Å²) in [6.45, 7) is 4.24. The van der Waals surface area contributed by atoms with Crippen molar-refractivity contribution in [3.8, 4) is 11.1 Å². The molecule has 0 unspecified atom stereocenters. The van der Waals surface area contributed by atoms with Gasteiger partial charge in [0.15, 0.2) is 0 Å². The molecule has 0 spiro atoms. The third-order valence-corrected chi connectivity index (χ3v) is 3.32. The highest BCUT2D eigenvalue weighted by Crippen LogP contribution is 2.28. The zero-order chi connectivity index (χ0) is 11.5. The summed E-state index contributed by atoms with van der Waals surface area (Å²) >= 11 is 6.14. The summed E-state index contributed by atoms with van der Waals surface area (Å²) < 4.78 is 0. The van der Waals surface area contributed by atoms with E-state index in [9.17, 15) is 0 Å². The molecule has 0 radical (unpaired) electrons. The minimum absolute atomic E-state index is 0.833. The molecule has 0 heterocycles. The third-order valence-electron chi connectivity index (χ3n) is 2.91. The summed E-state index contributed by atoms with van der Waals surface area (Å²) in [6.07, 6.45) is 1.06. The first-order chi connectivity index (χ1) is 7.72. The van der Waals surface area contributed by atoms with Crippen molar-refractivity contribution in [1.82, 2.24) is 0 Å². The number of rotatable bonds is 2. The Balaban J connectivity index is 2.54. The van der Waals surface area contributed by atoms with Crippen LogP contribution in [0.1, 0.15) is 18.1 Å². The Morgan fingerprint density at radius 3 is 2.56 bits per heavy atom. The molecule has 0 saturated carbocycles. The normalized spacial score (nSPS) is 10.4. The summed E-state index contributed by atoms with van der Waals surface area (Å²) in [5.41, 5.74) is 4.98. The minimum atomic E-state index is 0.833. The molecule has 0 aromatic heterocycles. The van der Waals surface area contributed by atoms with Gasteiger partial charge in [-0.3, -0.25) is 0 Å². The van der Waals surface area contributed by atoms with Gasteiger partial charge in [0.25, 0.3) is 0 Å². The molecular formula is C15H15Cl. The Hall–Kier alpha value is -1.27. The Kier molecular flexibility index (Phi) is 3.31. The fourth-order valence-corrected chi connectivity index (χ4v) is 2.05. The van der Waals surface area contributed by atoms with Crippen molar-refractivity contribution in [3.05, 3.63) is 58.6 Å². The molecule has 0 aliphatic rings. The molecule has 0 aliphatic heterocycles. The van der Waals surface area contributed by atoms with Gasteiger partial charge in [-0.05, 0) is 41.7 Å². The molecule has 0 amide bonds. The summed E-state index contributed by atoms with van der Waals surface area (Å²) in [5.74, 6) is 0. The van der Waals surface area contributed by atoms with Gasteiger partial charge in [0.05, 0.1) is 0 Å². The molecule has 0 aliphatic carbocycles. The Morgan fingerprint density at radius 1 is 1.06 bits per heavy atom. The predicted molar refractivity (Wildman–Crippen MR) is 71.0 cm³/mol. The van der Waals surface area contributed by atoms with E-state index in [1.54, 1.807) is 0 Å². The molecule has 0 atom stereocenters. The zero-order valence-corrected chi connectivity index (χ0v) is 10.4.